The quantitative estimate of drug-likeness (QED) is 0.839. The predicted molar refractivity (Wildman–Crippen MR) is 82.0 cm³/mol. The minimum Gasteiger partial charge on any atom is -0.469 e. The molecule has 1 amide bonds. The van der Waals surface area contributed by atoms with Gasteiger partial charge in [-0.1, -0.05) is 30.3 Å². The first-order chi connectivity index (χ1) is 10.3. The Morgan fingerprint density at radius 3 is 2.52 bits per heavy atom. The van der Waals surface area contributed by atoms with Gasteiger partial charge in [-0.2, -0.15) is 0 Å². The summed E-state index contributed by atoms with van der Waals surface area (Å²) >= 11 is 0. The molecular weight excluding hydrogens is 262 g/mol. The fourth-order valence-electron chi connectivity index (χ4n) is 3.00. The van der Waals surface area contributed by atoms with Crippen LogP contribution in [0.1, 0.15) is 36.5 Å². The van der Waals surface area contributed by atoms with E-state index in [0.717, 1.165) is 38.1 Å². The Balaban J connectivity index is 1.72. The predicted octanol–water partition coefficient (Wildman–Crippen LogP) is 3.62. The van der Waals surface area contributed by atoms with Crippen molar-refractivity contribution in [2.24, 2.45) is 0 Å². The van der Waals surface area contributed by atoms with Crippen molar-refractivity contribution in [3.8, 4) is 0 Å². The summed E-state index contributed by atoms with van der Waals surface area (Å²) in [5, 5.41) is 0. The number of nitrogens with zero attached hydrogens (tertiary/aromatic N) is 1. The van der Waals surface area contributed by atoms with Crippen molar-refractivity contribution >= 4 is 5.91 Å². The zero-order valence-corrected chi connectivity index (χ0v) is 12.2. The molecular formula is C18H21NO2. The number of hydrogen-bond acceptors (Lipinski definition) is 2. The highest BCUT2D eigenvalue weighted by atomic mass is 16.3. The van der Waals surface area contributed by atoms with Gasteiger partial charge in [-0.15, -0.1) is 0 Å². The second kappa shape index (κ2) is 6.61. The van der Waals surface area contributed by atoms with Crippen molar-refractivity contribution in [2.45, 2.75) is 31.6 Å². The van der Waals surface area contributed by atoms with E-state index in [1.54, 1.807) is 6.26 Å². The van der Waals surface area contributed by atoms with E-state index < -0.39 is 0 Å². The largest absolute Gasteiger partial charge is 0.469 e. The van der Waals surface area contributed by atoms with Crippen LogP contribution in [0.2, 0.25) is 0 Å². The molecule has 1 fully saturated rings. The maximum Gasteiger partial charge on any atom is 0.223 e. The molecule has 3 rings (SSSR count). The molecule has 0 unspecified atom stereocenters. The Labute approximate surface area is 125 Å². The third kappa shape index (κ3) is 3.54. The lowest BCUT2D eigenvalue weighted by Crippen LogP contribution is -2.29. The lowest BCUT2D eigenvalue weighted by molar-refractivity contribution is -0.130. The molecule has 1 aliphatic rings. The number of rotatable bonds is 5. The Morgan fingerprint density at radius 1 is 1.10 bits per heavy atom. The van der Waals surface area contributed by atoms with Crippen LogP contribution < -0.4 is 0 Å². The summed E-state index contributed by atoms with van der Waals surface area (Å²) < 4.78 is 5.56. The molecule has 0 spiro atoms. The molecule has 2 heterocycles. The summed E-state index contributed by atoms with van der Waals surface area (Å²) in [6.45, 7) is 1.82. The molecule has 0 bridgehead atoms. The third-order valence-electron chi connectivity index (χ3n) is 4.15. The summed E-state index contributed by atoms with van der Waals surface area (Å²) in [7, 11) is 0. The Kier molecular flexibility index (Phi) is 4.39. The molecule has 21 heavy (non-hydrogen) atoms. The molecule has 0 N–H and O–H groups in total. The highest BCUT2D eigenvalue weighted by molar-refractivity contribution is 5.77. The van der Waals surface area contributed by atoms with Crippen molar-refractivity contribution < 1.29 is 9.21 Å². The van der Waals surface area contributed by atoms with E-state index in [1.165, 1.54) is 5.56 Å². The fraction of sp³-hybridized carbons (Fsp3) is 0.389. The average Bonchev–Trinajstić information content (AvgIpc) is 3.21. The summed E-state index contributed by atoms with van der Waals surface area (Å²) in [5.74, 6) is 1.28. The minimum absolute atomic E-state index is 0.121. The zero-order valence-electron chi connectivity index (χ0n) is 12.2. The SMILES string of the molecule is O=C(C[C@H](Cc1ccccc1)c1ccco1)N1CCCC1. The van der Waals surface area contributed by atoms with Gasteiger partial charge in [-0.3, -0.25) is 4.79 Å². The highest BCUT2D eigenvalue weighted by Gasteiger charge is 2.24. The average molecular weight is 283 g/mol. The van der Waals surface area contributed by atoms with Crippen LogP contribution >= 0.6 is 0 Å². The van der Waals surface area contributed by atoms with Gasteiger partial charge in [0.15, 0.2) is 0 Å². The van der Waals surface area contributed by atoms with Crippen LogP contribution in [0.25, 0.3) is 0 Å². The highest BCUT2D eigenvalue weighted by Crippen LogP contribution is 2.26. The van der Waals surface area contributed by atoms with Crippen molar-refractivity contribution in [1.29, 1.82) is 0 Å². The summed E-state index contributed by atoms with van der Waals surface area (Å²) in [6, 6.07) is 14.2. The lowest BCUT2D eigenvalue weighted by Gasteiger charge is -2.20. The molecule has 0 radical (unpaired) electrons. The monoisotopic (exact) mass is 283 g/mol. The first-order valence-electron chi connectivity index (χ1n) is 7.68. The van der Waals surface area contributed by atoms with Gasteiger partial charge in [-0.05, 0) is 37.0 Å². The normalized spacial score (nSPS) is 16.1. The fourth-order valence-corrected chi connectivity index (χ4v) is 3.00. The molecule has 110 valence electrons. The first kappa shape index (κ1) is 13.9. The Bertz CT molecular complexity index is 556. The molecule has 1 saturated heterocycles. The maximum absolute atomic E-state index is 12.4. The van der Waals surface area contributed by atoms with Crippen LogP contribution in [0.15, 0.2) is 53.1 Å². The second-order valence-electron chi connectivity index (χ2n) is 5.69. The molecule has 1 atom stereocenters. The van der Waals surface area contributed by atoms with Gasteiger partial charge in [0, 0.05) is 25.4 Å². The Morgan fingerprint density at radius 2 is 1.86 bits per heavy atom. The smallest absolute Gasteiger partial charge is 0.223 e. The summed E-state index contributed by atoms with van der Waals surface area (Å²) in [4.78, 5) is 14.4. The van der Waals surface area contributed by atoms with Crippen LogP contribution in [-0.2, 0) is 11.2 Å². The van der Waals surface area contributed by atoms with Gasteiger partial charge >= 0.3 is 0 Å². The topological polar surface area (TPSA) is 33.5 Å². The van der Waals surface area contributed by atoms with E-state index in [9.17, 15) is 4.79 Å². The molecule has 3 nitrogen and oxygen atoms in total. The molecule has 0 aliphatic carbocycles. The number of carbonyl (C=O) groups excluding carboxylic acids is 1. The summed E-state index contributed by atoms with van der Waals surface area (Å²) in [5.41, 5.74) is 1.24. The van der Waals surface area contributed by atoms with Crippen LogP contribution in [-0.4, -0.2) is 23.9 Å². The number of furan rings is 1. The lowest BCUT2D eigenvalue weighted by atomic mass is 9.93. The van der Waals surface area contributed by atoms with E-state index >= 15 is 0 Å². The van der Waals surface area contributed by atoms with E-state index in [0.29, 0.717) is 6.42 Å². The Hall–Kier alpha value is -2.03. The molecule has 1 aliphatic heterocycles. The van der Waals surface area contributed by atoms with Crippen LogP contribution in [0.3, 0.4) is 0 Å². The van der Waals surface area contributed by atoms with E-state index in [1.807, 2.05) is 35.2 Å². The van der Waals surface area contributed by atoms with Crippen molar-refractivity contribution in [1.82, 2.24) is 4.90 Å². The van der Waals surface area contributed by atoms with Gasteiger partial charge in [0.25, 0.3) is 0 Å². The van der Waals surface area contributed by atoms with Crippen LogP contribution in [0.4, 0.5) is 0 Å². The van der Waals surface area contributed by atoms with E-state index in [-0.39, 0.29) is 11.8 Å². The molecule has 1 aromatic heterocycles. The van der Waals surface area contributed by atoms with Gasteiger partial charge in [-0.25, -0.2) is 0 Å². The van der Waals surface area contributed by atoms with Crippen LogP contribution in [0.5, 0.6) is 0 Å². The first-order valence-corrected chi connectivity index (χ1v) is 7.68. The maximum atomic E-state index is 12.4. The molecule has 2 aromatic rings. The van der Waals surface area contributed by atoms with Gasteiger partial charge in [0.05, 0.1) is 6.26 Å². The van der Waals surface area contributed by atoms with Gasteiger partial charge in [0.1, 0.15) is 5.76 Å². The number of likely N-dealkylation sites (tertiary alicyclic amines) is 1. The van der Waals surface area contributed by atoms with Crippen molar-refractivity contribution in [2.75, 3.05) is 13.1 Å². The van der Waals surface area contributed by atoms with Crippen molar-refractivity contribution in [3.63, 3.8) is 0 Å². The van der Waals surface area contributed by atoms with E-state index in [2.05, 4.69) is 12.1 Å². The standard InChI is InChI=1S/C18H21NO2/c20-18(19-10-4-5-11-19)14-16(17-9-6-12-21-17)13-15-7-2-1-3-8-15/h1-3,6-9,12,16H,4-5,10-11,13-14H2/t16-/m0/s1. The third-order valence-corrected chi connectivity index (χ3v) is 4.15. The number of carbonyl (C=O) groups is 1. The zero-order chi connectivity index (χ0) is 14.5. The van der Waals surface area contributed by atoms with Gasteiger partial charge < -0.3 is 9.32 Å². The van der Waals surface area contributed by atoms with Gasteiger partial charge in [0.2, 0.25) is 5.91 Å². The molecule has 1 aromatic carbocycles. The number of amides is 1. The number of benzene rings is 1. The van der Waals surface area contributed by atoms with Crippen molar-refractivity contribution in [3.05, 3.63) is 60.1 Å². The molecule has 0 saturated carbocycles. The number of hydrogen-bond donors (Lipinski definition) is 0. The minimum atomic E-state index is 0.121. The summed E-state index contributed by atoms with van der Waals surface area (Å²) in [6.07, 6.45) is 5.33. The second-order valence-corrected chi connectivity index (χ2v) is 5.69. The van der Waals surface area contributed by atoms with E-state index in [4.69, 9.17) is 4.42 Å². The molecule has 3 heteroatoms. The van der Waals surface area contributed by atoms with Crippen LogP contribution in [0, 0.1) is 0 Å².